The Hall–Kier alpha value is -3.95. The fourth-order valence-electron chi connectivity index (χ4n) is 4.98. The summed E-state index contributed by atoms with van der Waals surface area (Å²) in [5, 5.41) is 6.15. The Morgan fingerprint density at radius 3 is 2.66 bits per heavy atom. The maximum absolute atomic E-state index is 13.2. The van der Waals surface area contributed by atoms with Crippen LogP contribution in [0.15, 0.2) is 60.0 Å². The summed E-state index contributed by atoms with van der Waals surface area (Å²) in [6, 6.07) is 18.3. The van der Waals surface area contributed by atoms with Gasteiger partial charge in [-0.15, -0.1) is 22.7 Å². The van der Waals surface area contributed by atoms with Gasteiger partial charge < -0.3 is 15.2 Å². The first-order valence-corrected chi connectivity index (χ1v) is 14.0. The molecule has 0 fully saturated rings. The quantitative estimate of drug-likeness (QED) is 0.253. The van der Waals surface area contributed by atoms with Gasteiger partial charge in [0.2, 0.25) is 0 Å². The molecule has 1 aliphatic carbocycles. The lowest BCUT2D eigenvalue weighted by atomic mass is 9.82. The van der Waals surface area contributed by atoms with E-state index in [0.717, 1.165) is 46.4 Å². The molecule has 7 nitrogen and oxygen atoms in total. The number of hydrogen-bond acceptors (Lipinski definition) is 8. The summed E-state index contributed by atoms with van der Waals surface area (Å²) < 4.78 is 10.7. The number of hydrogen-bond donors (Lipinski definition) is 2. The van der Waals surface area contributed by atoms with Gasteiger partial charge in [0.15, 0.2) is 16.6 Å². The Balaban J connectivity index is 1.23. The van der Waals surface area contributed by atoms with Crippen molar-refractivity contribution in [1.82, 2.24) is 9.97 Å². The van der Waals surface area contributed by atoms with Crippen LogP contribution in [0.5, 0.6) is 11.5 Å². The number of ether oxygens (including phenoxy) is 2. The molecule has 9 heteroatoms. The van der Waals surface area contributed by atoms with Crippen LogP contribution in [0.2, 0.25) is 0 Å². The monoisotopic (exact) mass is 542 g/mol. The molecule has 1 atom stereocenters. The number of thiophene rings is 1. The molecule has 5 aromatic rings. The maximum Gasteiger partial charge on any atom is 0.269 e. The van der Waals surface area contributed by atoms with E-state index in [1.165, 1.54) is 33.8 Å². The second-order valence-electron chi connectivity index (χ2n) is 9.20. The summed E-state index contributed by atoms with van der Waals surface area (Å²) in [7, 11) is 3.19. The zero-order valence-corrected chi connectivity index (χ0v) is 22.6. The SMILES string of the molecule is COc1ccc(-c2csc(NC(=O)c3sc4nc5c(cc4c3N)CC(c3ccccc3)CC5)n2)cc1OC. The molecule has 0 aliphatic heterocycles. The number of anilines is 2. The molecule has 3 aromatic heterocycles. The van der Waals surface area contributed by atoms with Gasteiger partial charge in [-0.2, -0.15) is 0 Å². The van der Waals surface area contributed by atoms with Crippen LogP contribution >= 0.6 is 22.7 Å². The molecular formula is C29H26N4O3S2. The van der Waals surface area contributed by atoms with Gasteiger partial charge in [0.1, 0.15) is 9.71 Å². The van der Waals surface area contributed by atoms with Crippen LogP contribution < -0.4 is 20.5 Å². The minimum absolute atomic E-state index is 0.279. The molecule has 0 spiro atoms. The second kappa shape index (κ2) is 10.1. The summed E-state index contributed by atoms with van der Waals surface area (Å²) >= 11 is 2.69. The van der Waals surface area contributed by atoms with Gasteiger partial charge in [-0.05, 0) is 60.6 Å². The molecule has 0 saturated heterocycles. The minimum atomic E-state index is -0.279. The van der Waals surface area contributed by atoms with Crippen molar-refractivity contribution >= 4 is 49.6 Å². The Labute approximate surface area is 228 Å². The number of nitrogens with one attached hydrogen (secondary N) is 1. The van der Waals surface area contributed by atoms with E-state index in [2.05, 4.69) is 40.6 Å². The third-order valence-corrected chi connectivity index (χ3v) is 8.84. The highest BCUT2D eigenvalue weighted by atomic mass is 32.1. The molecule has 0 radical (unpaired) electrons. The van der Waals surface area contributed by atoms with Crippen molar-refractivity contribution in [3.8, 4) is 22.8 Å². The number of fused-ring (bicyclic) bond motifs is 2. The number of carbonyl (C=O) groups excluding carboxylic acids is 1. The van der Waals surface area contributed by atoms with Gasteiger partial charge in [0.25, 0.3) is 5.91 Å². The lowest BCUT2D eigenvalue weighted by Crippen LogP contribution is -2.14. The molecule has 2 aromatic carbocycles. The summed E-state index contributed by atoms with van der Waals surface area (Å²) in [5.41, 5.74) is 12.2. The lowest BCUT2D eigenvalue weighted by Gasteiger charge is -2.24. The van der Waals surface area contributed by atoms with Gasteiger partial charge in [0, 0.05) is 22.0 Å². The maximum atomic E-state index is 13.2. The molecule has 6 rings (SSSR count). The normalized spacial score (nSPS) is 14.7. The first-order valence-electron chi connectivity index (χ1n) is 12.3. The molecule has 1 amide bonds. The molecule has 0 saturated carbocycles. The van der Waals surface area contributed by atoms with Crippen molar-refractivity contribution in [1.29, 1.82) is 0 Å². The second-order valence-corrected chi connectivity index (χ2v) is 11.1. The summed E-state index contributed by atoms with van der Waals surface area (Å²) in [6.07, 6.45) is 2.91. The van der Waals surface area contributed by atoms with Gasteiger partial charge >= 0.3 is 0 Å². The van der Waals surface area contributed by atoms with Crippen LogP contribution in [0.4, 0.5) is 10.8 Å². The van der Waals surface area contributed by atoms with Gasteiger partial charge in [0.05, 0.1) is 25.6 Å². The largest absolute Gasteiger partial charge is 0.493 e. The van der Waals surface area contributed by atoms with Crippen LogP contribution in [0, 0.1) is 0 Å². The number of pyridine rings is 1. The first kappa shape index (κ1) is 24.4. The van der Waals surface area contributed by atoms with Crippen LogP contribution in [0.1, 0.15) is 38.8 Å². The highest BCUT2D eigenvalue weighted by Gasteiger charge is 2.25. The number of amides is 1. The van der Waals surface area contributed by atoms with Crippen molar-refractivity contribution in [3.05, 3.63) is 81.7 Å². The third kappa shape index (κ3) is 4.48. The van der Waals surface area contributed by atoms with E-state index in [0.29, 0.717) is 33.1 Å². The number of aromatic nitrogens is 2. The summed E-state index contributed by atoms with van der Waals surface area (Å²) in [4.78, 5) is 24.0. The van der Waals surface area contributed by atoms with Gasteiger partial charge in [-0.25, -0.2) is 9.97 Å². The molecule has 3 N–H and O–H groups in total. The Morgan fingerprint density at radius 2 is 1.87 bits per heavy atom. The minimum Gasteiger partial charge on any atom is -0.493 e. The van der Waals surface area contributed by atoms with E-state index in [1.807, 2.05) is 29.6 Å². The Bertz CT molecular complexity index is 1640. The van der Waals surface area contributed by atoms with Crippen LogP contribution in [0.3, 0.4) is 0 Å². The number of carbonyl (C=O) groups is 1. The lowest BCUT2D eigenvalue weighted by molar-refractivity contribution is 0.103. The molecule has 3 heterocycles. The van der Waals surface area contributed by atoms with E-state index in [-0.39, 0.29) is 5.91 Å². The zero-order valence-electron chi connectivity index (χ0n) is 21.0. The van der Waals surface area contributed by atoms with E-state index in [9.17, 15) is 4.79 Å². The molecule has 38 heavy (non-hydrogen) atoms. The highest BCUT2D eigenvalue weighted by molar-refractivity contribution is 7.21. The number of nitrogen functional groups attached to an aromatic ring is 1. The molecule has 192 valence electrons. The van der Waals surface area contributed by atoms with Crippen LogP contribution in [-0.2, 0) is 12.8 Å². The van der Waals surface area contributed by atoms with E-state index >= 15 is 0 Å². The number of aryl methyl sites for hydroxylation is 1. The molecule has 1 unspecified atom stereocenters. The number of thiazole rings is 1. The Morgan fingerprint density at radius 1 is 1.05 bits per heavy atom. The van der Waals surface area contributed by atoms with Crippen molar-refractivity contribution < 1.29 is 14.3 Å². The van der Waals surface area contributed by atoms with Crippen molar-refractivity contribution in [3.63, 3.8) is 0 Å². The van der Waals surface area contributed by atoms with Crippen LogP contribution in [-0.4, -0.2) is 30.1 Å². The van der Waals surface area contributed by atoms with Crippen molar-refractivity contribution in [2.24, 2.45) is 0 Å². The predicted octanol–water partition coefficient (Wildman–Crippen LogP) is 6.54. The van der Waals surface area contributed by atoms with E-state index in [1.54, 1.807) is 14.2 Å². The standard InChI is InChI=1S/C29H26N4O3S2/c1-35-23-11-9-18(14-24(23)36-2)22-15-37-29(32-22)33-27(34)26-25(30)20-13-19-12-17(16-6-4-3-5-7-16)8-10-21(19)31-28(20)38-26/h3-7,9,11,13-15,17H,8,10,12,30H2,1-2H3,(H,32,33,34). The molecular weight excluding hydrogens is 516 g/mol. The predicted molar refractivity (Wildman–Crippen MR) is 154 cm³/mol. The molecule has 1 aliphatic rings. The van der Waals surface area contributed by atoms with Crippen molar-refractivity contribution in [2.75, 3.05) is 25.3 Å². The third-order valence-electron chi connectivity index (χ3n) is 6.97. The molecule has 0 bridgehead atoms. The first-order chi connectivity index (χ1) is 18.5. The highest BCUT2D eigenvalue weighted by Crippen LogP contribution is 2.39. The number of benzene rings is 2. The van der Waals surface area contributed by atoms with E-state index < -0.39 is 0 Å². The fraction of sp³-hybridized carbons (Fsp3) is 0.207. The summed E-state index contributed by atoms with van der Waals surface area (Å²) in [6.45, 7) is 0. The summed E-state index contributed by atoms with van der Waals surface area (Å²) in [5.74, 6) is 1.45. The van der Waals surface area contributed by atoms with Gasteiger partial charge in [-0.3, -0.25) is 10.1 Å². The topological polar surface area (TPSA) is 99.4 Å². The average molecular weight is 543 g/mol. The zero-order chi connectivity index (χ0) is 26.2. The number of rotatable bonds is 6. The smallest absolute Gasteiger partial charge is 0.269 e. The number of methoxy groups -OCH3 is 2. The fourth-order valence-corrected chi connectivity index (χ4v) is 6.69. The number of nitrogens with two attached hydrogens (primary N) is 1. The average Bonchev–Trinajstić information content (AvgIpc) is 3.55. The number of nitrogens with zero attached hydrogens (tertiary/aromatic N) is 2. The van der Waals surface area contributed by atoms with Gasteiger partial charge in [-0.1, -0.05) is 30.3 Å². The van der Waals surface area contributed by atoms with E-state index in [4.69, 9.17) is 20.2 Å². The van der Waals surface area contributed by atoms with Crippen LogP contribution in [0.25, 0.3) is 21.5 Å². The Kier molecular flexibility index (Phi) is 6.47. The van der Waals surface area contributed by atoms with Crippen molar-refractivity contribution in [2.45, 2.75) is 25.2 Å².